The molecule has 4 heterocycles. The zero-order chi connectivity index (χ0) is 21.8. The number of ether oxygens (including phenoxy) is 1. The van der Waals surface area contributed by atoms with Crippen LogP contribution in [-0.4, -0.2) is 51.1 Å². The summed E-state index contributed by atoms with van der Waals surface area (Å²) in [5.41, 5.74) is 0. The van der Waals surface area contributed by atoms with E-state index < -0.39 is 56.5 Å². The van der Waals surface area contributed by atoms with Crippen LogP contribution in [0.1, 0.15) is 0 Å². The standard InChI is InChI=1S/C8N14O9/c23-21(24)5-1(13-28-17-5)9-11-3-7(19-30-15-3)27-8-4(16-31-20-8)12-10-2-6(22(25)26)18-29-14-2. The van der Waals surface area contributed by atoms with Gasteiger partial charge < -0.3 is 25.0 Å². The molecule has 0 N–H and O–H groups in total. The van der Waals surface area contributed by atoms with Crippen LogP contribution in [0.2, 0.25) is 0 Å². The first-order chi connectivity index (χ1) is 15.0. The Kier molecular flexibility index (Phi) is 4.69. The Hall–Kier alpha value is -5.64. The van der Waals surface area contributed by atoms with Crippen molar-refractivity contribution in [3.8, 4) is 11.8 Å². The molecule has 4 aromatic heterocycles. The van der Waals surface area contributed by atoms with E-state index in [1.165, 1.54) is 0 Å². The third-order valence-electron chi connectivity index (χ3n) is 2.81. The lowest BCUT2D eigenvalue weighted by atomic mass is 10.6. The molecule has 4 aromatic rings. The van der Waals surface area contributed by atoms with E-state index in [9.17, 15) is 20.2 Å². The smallest absolute Gasteiger partial charge is 0.408 e. The van der Waals surface area contributed by atoms with Gasteiger partial charge in [0, 0.05) is 10.3 Å². The topological polar surface area (TPSA) is 301 Å². The van der Waals surface area contributed by atoms with Crippen molar-refractivity contribution in [1.29, 1.82) is 0 Å². The van der Waals surface area contributed by atoms with E-state index >= 15 is 0 Å². The van der Waals surface area contributed by atoms with Crippen LogP contribution >= 0.6 is 0 Å². The summed E-state index contributed by atoms with van der Waals surface area (Å²) in [5, 5.41) is 61.2. The fourth-order valence-electron chi connectivity index (χ4n) is 1.60. The summed E-state index contributed by atoms with van der Waals surface area (Å²) in [7, 11) is 0. The highest BCUT2D eigenvalue weighted by Crippen LogP contribution is 2.34. The maximum Gasteiger partial charge on any atom is 0.462 e. The van der Waals surface area contributed by atoms with Crippen molar-refractivity contribution < 1.29 is 33.1 Å². The molecule has 0 aliphatic heterocycles. The first-order valence-corrected chi connectivity index (χ1v) is 7.13. The minimum Gasteiger partial charge on any atom is -0.408 e. The summed E-state index contributed by atoms with van der Waals surface area (Å²) >= 11 is 0. The molecule has 0 saturated heterocycles. The molecule has 0 radical (unpaired) electrons. The Labute approximate surface area is 162 Å². The normalized spacial score (nSPS) is 11.5. The number of azo groups is 2. The van der Waals surface area contributed by atoms with E-state index in [2.05, 4.69) is 80.2 Å². The maximum atomic E-state index is 10.7. The monoisotopic (exact) mass is 436 g/mol. The Morgan fingerprint density at radius 1 is 0.581 bits per heavy atom. The van der Waals surface area contributed by atoms with Gasteiger partial charge >= 0.3 is 35.0 Å². The number of rotatable bonds is 8. The lowest BCUT2D eigenvalue weighted by Crippen LogP contribution is -1.87. The van der Waals surface area contributed by atoms with Gasteiger partial charge in [-0.15, -0.1) is 29.7 Å². The van der Waals surface area contributed by atoms with Crippen LogP contribution in [0.25, 0.3) is 0 Å². The van der Waals surface area contributed by atoms with Gasteiger partial charge in [-0.2, -0.15) is 0 Å². The van der Waals surface area contributed by atoms with Crippen molar-refractivity contribution >= 4 is 34.9 Å². The van der Waals surface area contributed by atoms with E-state index in [0.717, 1.165) is 0 Å². The predicted molar refractivity (Wildman–Crippen MR) is 78.9 cm³/mol. The van der Waals surface area contributed by atoms with Crippen molar-refractivity contribution in [2.75, 3.05) is 0 Å². The zero-order valence-corrected chi connectivity index (χ0v) is 13.9. The lowest BCUT2D eigenvalue weighted by molar-refractivity contribution is -0.390. The quantitative estimate of drug-likeness (QED) is 0.215. The molecule has 0 aliphatic rings. The van der Waals surface area contributed by atoms with E-state index in [1.807, 2.05) is 0 Å². The van der Waals surface area contributed by atoms with Crippen molar-refractivity contribution in [1.82, 2.24) is 41.3 Å². The zero-order valence-electron chi connectivity index (χ0n) is 13.9. The van der Waals surface area contributed by atoms with Crippen LogP contribution in [0.15, 0.2) is 39.0 Å². The number of nitro groups is 2. The van der Waals surface area contributed by atoms with Gasteiger partial charge in [-0.3, -0.25) is 0 Å². The average Bonchev–Trinajstić information content (AvgIpc) is 3.52. The third-order valence-corrected chi connectivity index (χ3v) is 2.81. The highest BCUT2D eigenvalue weighted by Gasteiger charge is 2.25. The Bertz CT molecular complexity index is 1200. The summed E-state index contributed by atoms with van der Waals surface area (Å²) in [6.45, 7) is 0. The number of nitrogens with zero attached hydrogens (tertiary/aromatic N) is 14. The van der Waals surface area contributed by atoms with Crippen LogP contribution in [0, 0.1) is 20.2 Å². The van der Waals surface area contributed by atoms with Gasteiger partial charge in [-0.05, 0) is 30.5 Å². The molecule has 23 heteroatoms. The van der Waals surface area contributed by atoms with Gasteiger partial charge in [0.25, 0.3) is 11.6 Å². The Morgan fingerprint density at radius 2 is 0.935 bits per heavy atom. The van der Waals surface area contributed by atoms with Crippen LogP contribution in [0.3, 0.4) is 0 Å². The van der Waals surface area contributed by atoms with Crippen LogP contribution in [0.5, 0.6) is 11.8 Å². The molecular formula is C8N14O9. The molecule has 0 aromatic carbocycles. The van der Waals surface area contributed by atoms with Crippen molar-refractivity contribution in [3.05, 3.63) is 20.2 Å². The molecule has 0 amide bonds. The van der Waals surface area contributed by atoms with E-state index in [0.29, 0.717) is 0 Å². The van der Waals surface area contributed by atoms with E-state index in [-0.39, 0.29) is 0 Å². The van der Waals surface area contributed by atoms with Crippen LogP contribution in [0.4, 0.5) is 34.9 Å². The first-order valence-electron chi connectivity index (χ1n) is 7.13. The average molecular weight is 436 g/mol. The molecule has 156 valence electrons. The van der Waals surface area contributed by atoms with Gasteiger partial charge in [0.15, 0.2) is 10.3 Å². The predicted octanol–water partition coefficient (Wildman–Crippen LogP) is 1.66. The summed E-state index contributed by atoms with van der Waals surface area (Å²) in [6.07, 6.45) is 0. The second-order valence-electron chi connectivity index (χ2n) is 4.63. The Morgan fingerprint density at radius 3 is 1.35 bits per heavy atom. The fourth-order valence-corrected chi connectivity index (χ4v) is 1.60. The molecule has 0 aliphatic carbocycles. The van der Waals surface area contributed by atoms with Crippen molar-refractivity contribution in [2.24, 2.45) is 20.5 Å². The van der Waals surface area contributed by atoms with Crippen LogP contribution < -0.4 is 4.74 Å². The SMILES string of the molecule is O=[N+]([O-])c1nonc1N=Nc1nonc1Oc1nonc1N=Nc1nonc1[N+](=O)[O-]. The maximum absolute atomic E-state index is 10.7. The molecule has 0 bridgehead atoms. The molecule has 31 heavy (non-hydrogen) atoms. The number of hydrogen-bond donors (Lipinski definition) is 0. The second kappa shape index (κ2) is 7.77. The fraction of sp³-hybridized carbons (Fsp3) is 0. The third kappa shape index (κ3) is 3.83. The summed E-state index contributed by atoms with van der Waals surface area (Å²) in [4.78, 5) is 19.7. The van der Waals surface area contributed by atoms with Gasteiger partial charge in [0.2, 0.25) is 0 Å². The molecule has 0 spiro atoms. The highest BCUT2D eigenvalue weighted by atomic mass is 16.7. The number of aromatic nitrogens is 8. The van der Waals surface area contributed by atoms with Gasteiger partial charge in [0.05, 0.1) is 0 Å². The first kappa shape index (κ1) is 18.7. The van der Waals surface area contributed by atoms with Crippen LogP contribution in [-0.2, 0) is 0 Å². The summed E-state index contributed by atoms with van der Waals surface area (Å²) in [6, 6.07) is 0. The molecule has 0 unspecified atom stereocenters. The highest BCUT2D eigenvalue weighted by molar-refractivity contribution is 5.47. The largest absolute Gasteiger partial charge is 0.462 e. The Balaban J connectivity index is 1.53. The molecule has 0 saturated carbocycles. The molecule has 0 atom stereocenters. The molecule has 4 rings (SSSR count). The van der Waals surface area contributed by atoms with E-state index in [1.54, 1.807) is 0 Å². The van der Waals surface area contributed by atoms with Gasteiger partial charge in [0.1, 0.15) is 0 Å². The summed E-state index contributed by atoms with van der Waals surface area (Å²) in [5.74, 6) is -4.49. The molecule has 23 nitrogen and oxygen atoms in total. The van der Waals surface area contributed by atoms with Gasteiger partial charge in [-0.25, -0.2) is 9.26 Å². The minimum absolute atomic E-state index is 0.417. The number of hydrogen-bond acceptors (Lipinski definition) is 21. The van der Waals surface area contributed by atoms with Crippen molar-refractivity contribution in [3.63, 3.8) is 0 Å². The van der Waals surface area contributed by atoms with Gasteiger partial charge in [-0.1, -0.05) is 0 Å². The van der Waals surface area contributed by atoms with Crippen molar-refractivity contribution in [2.45, 2.75) is 0 Å². The summed E-state index contributed by atoms with van der Waals surface area (Å²) < 4.78 is 22.4. The minimum atomic E-state index is -0.906. The van der Waals surface area contributed by atoms with E-state index in [4.69, 9.17) is 4.74 Å². The second-order valence-corrected chi connectivity index (χ2v) is 4.63. The molecular weight excluding hydrogens is 436 g/mol. The molecule has 0 fully saturated rings. The lowest BCUT2D eigenvalue weighted by Gasteiger charge is -1.94.